The lowest BCUT2D eigenvalue weighted by Gasteiger charge is -2.17. The second-order valence-electron chi connectivity index (χ2n) is 4.76. The number of nitrogens with one attached hydrogen (secondary N) is 2. The van der Waals surface area contributed by atoms with Crippen LogP contribution in [0.1, 0.15) is 32.6 Å². The first-order valence-corrected chi connectivity index (χ1v) is 6.38. The van der Waals surface area contributed by atoms with Gasteiger partial charge in [0.2, 0.25) is 11.8 Å². The summed E-state index contributed by atoms with van der Waals surface area (Å²) >= 11 is 0. The molecule has 0 bridgehead atoms. The third-order valence-corrected chi connectivity index (χ3v) is 3.24. The van der Waals surface area contributed by atoms with Crippen LogP contribution >= 0.6 is 0 Å². The summed E-state index contributed by atoms with van der Waals surface area (Å²) in [6.07, 6.45) is 5.57. The normalized spacial score (nSPS) is 15.9. The van der Waals surface area contributed by atoms with E-state index in [0.717, 1.165) is 25.0 Å². The molecule has 19 heavy (non-hydrogen) atoms. The highest BCUT2D eigenvalue weighted by atomic mass is 16.6. The summed E-state index contributed by atoms with van der Waals surface area (Å²) in [5.41, 5.74) is 2.16. The van der Waals surface area contributed by atoms with Crippen LogP contribution < -0.4 is 16.6 Å². The molecule has 0 aliphatic heterocycles. The van der Waals surface area contributed by atoms with Crippen molar-refractivity contribution in [3.8, 4) is 0 Å². The third kappa shape index (κ3) is 3.50. The molecular weight excluding hydrogens is 248 g/mol. The first-order chi connectivity index (χ1) is 9.13. The summed E-state index contributed by atoms with van der Waals surface area (Å²) in [7, 11) is 0. The van der Waals surface area contributed by atoms with E-state index in [1.54, 1.807) is 0 Å². The molecule has 1 atom stereocenters. The van der Waals surface area contributed by atoms with Gasteiger partial charge in [-0.2, -0.15) is 4.98 Å². The van der Waals surface area contributed by atoms with Crippen LogP contribution in [0.5, 0.6) is 0 Å². The van der Waals surface area contributed by atoms with Gasteiger partial charge >= 0.3 is 5.69 Å². The average molecular weight is 266 g/mol. The highest BCUT2D eigenvalue weighted by Gasteiger charge is 2.26. The number of rotatable bonds is 7. The molecule has 1 unspecified atom stereocenters. The van der Waals surface area contributed by atoms with Crippen LogP contribution in [0.2, 0.25) is 0 Å². The van der Waals surface area contributed by atoms with Gasteiger partial charge in [-0.1, -0.05) is 19.8 Å². The summed E-state index contributed by atoms with van der Waals surface area (Å²) in [4.78, 5) is 18.3. The van der Waals surface area contributed by atoms with Gasteiger partial charge in [-0.3, -0.25) is 15.5 Å². The van der Waals surface area contributed by atoms with Crippen LogP contribution in [0.25, 0.3) is 0 Å². The molecule has 1 aliphatic rings. The maximum absolute atomic E-state index is 11.0. The zero-order valence-electron chi connectivity index (χ0n) is 10.8. The van der Waals surface area contributed by atoms with E-state index in [4.69, 9.17) is 5.84 Å². The quantitative estimate of drug-likeness (QED) is 0.390. The highest BCUT2D eigenvalue weighted by Crippen LogP contribution is 2.35. The van der Waals surface area contributed by atoms with Gasteiger partial charge in [0, 0.05) is 6.04 Å². The number of anilines is 2. The fraction of sp³-hybridized carbons (Fsp3) is 0.636. The number of hydrogen-bond donors (Lipinski definition) is 3. The Balaban J connectivity index is 2.16. The van der Waals surface area contributed by atoms with E-state index in [9.17, 15) is 10.1 Å². The standard InChI is InChI=1S/C11H18N6O2/c1-2-8(5-7-3-4-7)14-10-9(17(18)19)6-13-11(15-10)16-12/h6-8H,2-5,12H2,1H3,(H2,13,14,15,16). The Kier molecular flexibility index (Phi) is 4.10. The van der Waals surface area contributed by atoms with Crippen molar-refractivity contribution < 1.29 is 4.92 Å². The van der Waals surface area contributed by atoms with Crippen molar-refractivity contribution in [3.05, 3.63) is 16.3 Å². The lowest BCUT2D eigenvalue weighted by atomic mass is 10.1. The minimum absolute atomic E-state index is 0.131. The zero-order valence-corrected chi connectivity index (χ0v) is 10.8. The molecule has 1 aromatic rings. The Morgan fingerprint density at radius 2 is 2.37 bits per heavy atom. The predicted molar refractivity (Wildman–Crippen MR) is 71.5 cm³/mol. The summed E-state index contributed by atoms with van der Waals surface area (Å²) in [5.74, 6) is 6.35. The molecule has 1 aromatic heterocycles. The molecule has 104 valence electrons. The Morgan fingerprint density at radius 3 is 2.89 bits per heavy atom. The summed E-state index contributed by atoms with van der Waals surface area (Å²) in [5, 5.41) is 14.1. The molecule has 2 rings (SSSR count). The van der Waals surface area contributed by atoms with Gasteiger partial charge in [0.1, 0.15) is 6.20 Å². The van der Waals surface area contributed by atoms with Crippen LogP contribution in [-0.4, -0.2) is 20.9 Å². The summed E-state index contributed by atoms with van der Waals surface area (Å²) in [6, 6.07) is 0.187. The molecule has 8 heteroatoms. The van der Waals surface area contributed by atoms with Crippen LogP contribution in [0, 0.1) is 16.0 Å². The van der Waals surface area contributed by atoms with Crippen molar-refractivity contribution in [2.24, 2.45) is 11.8 Å². The molecule has 0 saturated heterocycles. The molecule has 0 amide bonds. The molecule has 0 spiro atoms. The zero-order chi connectivity index (χ0) is 13.8. The van der Waals surface area contributed by atoms with Crippen molar-refractivity contribution in [2.45, 2.75) is 38.6 Å². The number of hydrogen-bond acceptors (Lipinski definition) is 7. The molecular formula is C11H18N6O2. The molecule has 1 saturated carbocycles. The third-order valence-electron chi connectivity index (χ3n) is 3.24. The first kappa shape index (κ1) is 13.5. The molecule has 1 fully saturated rings. The highest BCUT2D eigenvalue weighted by molar-refractivity contribution is 5.57. The van der Waals surface area contributed by atoms with E-state index in [1.165, 1.54) is 12.8 Å². The molecule has 4 N–H and O–H groups in total. The Hall–Kier alpha value is -1.96. The number of hydrazine groups is 1. The van der Waals surface area contributed by atoms with Gasteiger partial charge in [-0.05, 0) is 18.8 Å². The minimum atomic E-state index is -0.494. The maximum Gasteiger partial charge on any atom is 0.329 e. The lowest BCUT2D eigenvalue weighted by molar-refractivity contribution is -0.384. The Labute approximate surface area is 110 Å². The fourth-order valence-electron chi connectivity index (χ4n) is 1.96. The smallest absolute Gasteiger partial charge is 0.329 e. The van der Waals surface area contributed by atoms with Crippen molar-refractivity contribution >= 4 is 17.5 Å². The van der Waals surface area contributed by atoms with Gasteiger partial charge in [-0.15, -0.1) is 0 Å². The number of nitrogens with two attached hydrogens (primary N) is 1. The number of nitrogen functional groups attached to an aromatic ring is 1. The number of aromatic nitrogens is 2. The first-order valence-electron chi connectivity index (χ1n) is 6.38. The molecule has 0 radical (unpaired) electrons. The lowest BCUT2D eigenvalue weighted by Crippen LogP contribution is -2.21. The van der Waals surface area contributed by atoms with Crippen molar-refractivity contribution in [1.29, 1.82) is 0 Å². The van der Waals surface area contributed by atoms with E-state index in [-0.39, 0.29) is 23.5 Å². The topological polar surface area (TPSA) is 119 Å². The second-order valence-corrected chi connectivity index (χ2v) is 4.76. The Morgan fingerprint density at radius 1 is 1.63 bits per heavy atom. The van der Waals surface area contributed by atoms with Gasteiger partial charge < -0.3 is 5.32 Å². The van der Waals surface area contributed by atoms with Gasteiger partial charge in [0.15, 0.2) is 0 Å². The Bertz CT molecular complexity index is 462. The van der Waals surface area contributed by atoms with Crippen molar-refractivity contribution in [2.75, 3.05) is 10.7 Å². The maximum atomic E-state index is 11.0. The van der Waals surface area contributed by atoms with Gasteiger partial charge in [0.25, 0.3) is 0 Å². The van der Waals surface area contributed by atoms with Crippen molar-refractivity contribution in [3.63, 3.8) is 0 Å². The van der Waals surface area contributed by atoms with E-state index in [2.05, 4.69) is 27.6 Å². The predicted octanol–water partition coefficient (Wildman–Crippen LogP) is 1.66. The second kappa shape index (κ2) is 5.79. The monoisotopic (exact) mass is 266 g/mol. The molecule has 0 aromatic carbocycles. The molecule has 1 heterocycles. The van der Waals surface area contributed by atoms with Crippen LogP contribution in [0.15, 0.2) is 6.20 Å². The van der Waals surface area contributed by atoms with E-state index >= 15 is 0 Å². The number of nitrogens with zero attached hydrogens (tertiary/aromatic N) is 3. The summed E-state index contributed by atoms with van der Waals surface area (Å²) < 4.78 is 0. The van der Waals surface area contributed by atoms with Crippen molar-refractivity contribution in [1.82, 2.24) is 9.97 Å². The van der Waals surface area contributed by atoms with E-state index in [1.807, 2.05) is 0 Å². The molecule has 8 nitrogen and oxygen atoms in total. The SMILES string of the molecule is CCC(CC1CC1)Nc1nc(NN)ncc1[N+](=O)[O-]. The average Bonchev–Trinajstić information content (AvgIpc) is 3.21. The van der Waals surface area contributed by atoms with Crippen LogP contribution in [0.4, 0.5) is 17.5 Å². The van der Waals surface area contributed by atoms with Gasteiger partial charge in [-0.25, -0.2) is 10.8 Å². The van der Waals surface area contributed by atoms with Crippen LogP contribution in [-0.2, 0) is 0 Å². The van der Waals surface area contributed by atoms with Gasteiger partial charge in [0.05, 0.1) is 4.92 Å². The van der Waals surface area contributed by atoms with E-state index < -0.39 is 4.92 Å². The summed E-state index contributed by atoms with van der Waals surface area (Å²) in [6.45, 7) is 2.05. The van der Waals surface area contributed by atoms with E-state index in [0.29, 0.717) is 0 Å². The number of nitro groups is 1. The molecule has 1 aliphatic carbocycles. The fourth-order valence-corrected chi connectivity index (χ4v) is 1.96. The minimum Gasteiger partial charge on any atom is -0.361 e. The van der Waals surface area contributed by atoms with Crippen LogP contribution in [0.3, 0.4) is 0 Å². The largest absolute Gasteiger partial charge is 0.361 e.